The largest absolute Gasteiger partial charge is 0.573 e. The van der Waals surface area contributed by atoms with Crippen LogP contribution in [0.25, 0.3) is 11.3 Å². The molecule has 2 aromatic carbocycles. The SMILES string of the molecule is C[C@H](C(=O)O)[C@H](c1ccc2c(c1)O[C@@H](C1CCN(Cc3cc(-c4cn(CC(=O)NCC[N+](C)(CCC(=O)NCCN)CCC(=O)NCCN)nn4)ccc3OC(F)(F)F)CC1)CC2)C1CC1. The molecule has 20 heteroatoms. The van der Waals surface area contributed by atoms with E-state index in [2.05, 4.69) is 48.0 Å². The molecule has 66 heavy (non-hydrogen) atoms. The maximum Gasteiger partial charge on any atom is 0.573 e. The molecule has 1 aromatic heterocycles. The first-order valence-electron chi connectivity index (χ1n) is 23.1. The molecule has 3 aliphatic rings. The number of aliphatic carboxylic acids is 1. The van der Waals surface area contributed by atoms with E-state index in [1.165, 1.54) is 16.8 Å². The predicted octanol–water partition coefficient (Wildman–Crippen LogP) is 3.16. The van der Waals surface area contributed by atoms with Crippen LogP contribution in [0.2, 0.25) is 0 Å². The van der Waals surface area contributed by atoms with E-state index in [1.54, 1.807) is 19.2 Å². The number of likely N-dealkylation sites (N-methyl/N-ethyl adjacent to an activating group) is 1. The van der Waals surface area contributed by atoms with E-state index in [4.69, 9.17) is 16.2 Å². The number of rotatable bonds is 24. The van der Waals surface area contributed by atoms with E-state index < -0.39 is 18.2 Å². The van der Waals surface area contributed by atoms with Gasteiger partial charge in [-0.1, -0.05) is 24.3 Å². The molecule has 1 saturated heterocycles. The number of aromatic nitrogens is 3. The molecular formula is C46H66F3N10O7+. The van der Waals surface area contributed by atoms with E-state index in [9.17, 15) is 37.5 Å². The molecular weight excluding hydrogens is 862 g/mol. The zero-order chi connectivity index (χ0) is 47.4. The number of aryl methyl sites for hydroxylation is 1. The van der Waals surface area contributed by atoms with Crippen molar-refractivity contribution in [2.24, 2.45) is 29.2 Å². The zero-order valence-electron chi connectivity index (χ0n) is 38.0. The summed E-state index contributed by atoms with van der Waals surface area (Å²) in [6, 6.07) is 10.6. The molecule has 6 rings (SSSR count). The van der Waals surface area contributed by atoms with Crippen LogP contribution in [0, 0.1) is 17.8 Å². The van der Waals surface area contributed by atoms with Gasteiger partial charge in [0.1, 0.15) is 29.8 Å². The molecule has 362 valence electrons. The Kier molecular flexibility index (Phi) is 17.4. The number of piperidine rings is 1. The molecule has 1 aliphatic carbocycles. The number of nitrogens with two attached hydrogens (primary N) is 2. The van der Waals surface area contributed by atoms with E-state index in [1.807, 2.05) is 13.1 Å². The lowest BCUT2D eigenvalue weighted by atomic mass is 9.81. The fraction of sp³-hybridized carbons (Fsp3) is 0.609. The highest BCUT2D eigenvalue weighted by Gasteiger charge is 2.40. The standard InChI is InChI=1S/C46H65F3N10O7/c1-30(45(63)64)44(33-4-5-33)35-6-3-31-7-9-38(65-40(31)26-35)32-11-20-57(21-12-32)27-36-25-34(8-10-39(36)66-46(47,48)49)37-28-58(56-55-37)29-43(62)54-19-24-59(2,22-13-41(60)52-17-15-50)23-14-42(61)53-18-16-51/h3,6,8,10,25-26,28,30,32-33,38,44H,4-5,7,9,11-24,27,29,50-51H2,1-2H3,(H3-,52,53,54,60,61,62,63,64)/p+1/t30-,38+,44-/m0/s1. The predicted molar refractivity (Wildman–Crippen MR) is 239 cm³/mol. The Hall–Kier alpha value is -5.31. The molecule has 2 aliphatic heterocycles. The van der Waals surface area contributed by atoms with Crippen LogP contribution in [-0.2, 0) is 38.7 Å². The zero-order valence-corrected chi connectivity index (χ0v) is 38.0. The summed E-state index contributed by atoms with van der Waals surface area (Å²) in [4.78, 5) is 51.7. The lowest BCUT2D eigenvalue weighted by molar-refractivity contribution is -0.907. The van der Waals surface area contributed by atoms with Gasteiger partial charge in [-0.25, -0.2) is 4.68 Å². The maximum atomic E-state index is 13.6. The number of nitrogens with zero attached hydrogens (tertiary/aromatic N) is 5. The van der Waals surface area contributed by atoms with Gasteiger partial charge in [0.05, 0.1) is 58.2 Å². The number of quaternary nitrogens is 1. The molecule has 17 nitrogen and oxygen atoms in total. The van der Waals surface area contributed by atoms with Crippen LogP contribution in [0.1, 0.15) is 74.5 Å². The third-order valence-corrected chi connectivity index (χ3v) is 13.2. The summed E-state index contributed by atoms with van der Waals surface area (Å²) in [7, 11) is 1.92. The normalized spacial score (nSPS) is 17.8. The minimum Gasteiger partial charge on any atom is -0.490 e. The first-order valence-corrected chi connectivity index (χ1v) is 23.1. The van der Waals surface area contributed by atoms with Crippen molar-refractivity contribution >= 4 is 23.7 Å². The van der Waals surface area contributed by atoms with Crippen molar-refractivity contribution in [1.29, 1.82) is 0 Å². The monoisotopic (exact) mass is 928 g/mol. The summed E-state index contributed by atoms with van der Waals surface area (Å²) >= 11 is 0. The Bertz CT molecular complexity index is 2100. The quantitative estimate of drug-likeness (QED) is 0.0713. The average molecular weight is 928 g/mol. The van der Waals surface area contributed by atoms with Crippen LogP contribution in [0.4, 0.5) is 13.2 Å². The highest BCUT2D eigenvalue weighted by atomic mass is 19.4. The number of benzene rings is 2. The first kappa shape index (κ1) is 50.1. The average Bonchev–Trinajstić information content (AvgIpc) is 4.02. The molecule has 3 aromatic rings. The summed E-state index contributed by atoms with van der Waals surface area (Å²) in [6.45, 7) is 6.03. The van der Waals surface area contributed by atoms with Gasteiger partial charge in [-0.3, -0.25) is 24.1 Å². The van der Waals surface area contributed by atoms with Gasteiger partial charge >= 0.3 is 12.3 Å². The minimum absolute atomic E-state index is 0.0135. The molecule has 2 fully saturated rings. The molecule has 8 N–H and O–H groups in total. The van der Waals surface area contributed by atoms with Gasteiger partial charge < -0.3 is 46.5 Å². The lowest BCUT2D eigenvalue weighted by Crippen LogP contribution is -2.52. The number of alkyl halides is 3. The third kappa shape index (κ3) is 14.6. The van der Waals surface area contributed by atoms with Crippen molar-refractivity contribution in [2.45, 2.75) is 89.8 Å². The molecule has 3 atom stereocenters. The van der Waals surface area contributed by atoms with Gasteiger partial charge in [-0.05, 0) is 105 Å². The van der Waals surface area contributed by atoms with Crippen molar-refractivity contribution in [1.82, 2.24) is 35.8 Å². The van der Waals surface area contributed by atoms with Gasteiger partial charge in [-0.2, -0.15) is 0 Å². The number of fused-ring (bicyclic) bond motifs is 1. The van der Waals surface area contributed by atoms with Crippen LogP contribution in [0.5, 0.6) is 11.5 Å². The van der Waals surface area contributed by atoms with Crippen molar-refractivity contribution in [3.05, 3.63) is 59.3 Å². The molecule has 0 unspecified atom stereocenters. The van der Waals surface area contributed by atoms with Crippen molar-refractivity contribution in [2.75, 3.05) is 72.5 Å². The Morgan fingerprint density at radius 3 is 2.20 bits per heavy atom. The van der Waals surface area contributed by atoms with Gasteiger partial charge in [-0.15, -0.1) is 18.3 Å². The Labute approximate surface area is 383 Å². The van der Waals surface area contributed by atoms with Crippen molar-refractivity contribution in [3.8, 4) is 22.8 Å². The molecule has 3 heterocycles. The van der Waals surface area contributed by atoms with Gasteiger partial charge in [0, 0.05) is 43.9 Å². The Morgan fingerprint density at radius 1 is 0.909 bits per heavy atom. The number of ether oxygens (including phenoxy) is 2. The van der Waals surface area contributed by atoms with E-state index in [0.29, 0.717) is 86.1 Å². The number of carboxylic acid groups (broad SMARTS) is 1. The number of likely N-dealkylation sites (tertiary alicyclic amines) is 1. The van der Waals surface area contributed by atoms with Crippen molar-refractivity contribution in [3.63, 3.8) is 0 Å². The molecule has 0 radical (unpaired) electrons. The summed E-state index contributed by atoms with van der Waals surface area (Å²) < 4.78 is 53.6. The topological polar surface area (TPSA) is 229 Å². The Balaban J connectivity index is 1.03. The highest BCUT2D eigenvalue weighted by molar-refractivity contribution is 5.77. The van der Waals surface area contributed by atoms with E-state index >= 15 is 0 Å². The number of carbonyl (C=O) groups excluding carboxylic acids is 3. The van der Waals surface area contributed by atoms with Crippen LogP contribution in [0.15, 0.2) is 42.6 Å². The van der Waals surface area contributed by atoms with Gasteiger partial charge in [0.2, 0.25) is 17.7 Å². The maximum absolute atomic E-state index is 13.6. The number of halogens is 3. The smallest absolute Gasteiger partial charge is 0.490 e. The van der Waals surface area contributed by atoms with Crippen molar-refractivity contribution < 1.29 is 51.4 Å². The van der Waals surface area contributed by atoms with Crippen LogP contribution >= 0.6 is 0 Å². The second-order valence-corrected chi connectivity index (χ2v) is 18.3. The van der Waals surface area contributed by atoms with Gasteiger partial charge in [0.25, 0.3) is 0 Å². The highest BCUT2D eigenvalue weighted by Crippen LogP contribution is 2.48. The summed E-state index contributed by atoms with van der Waals surface area (Å²) in [5, 5.41) is 26.5. The first-order chi connectivity index (χ1) is 31.5. The fourth-order valence-electron chi connectivity index (χ4n) is 9.19. The van der Waals surface area contributed by atoms with Crippen LogP contribution < -0.4 is 36.9 Å². The summed E-state index contributed by atoms with van der Waals surface area (Å²) in [6.07, 6.45) is 2.45. The fourth-order valence-corrected chi connectivity index (χ4v) is 9.19. The third-order valence-electron chi connectivity index (χ3n) is 13.2. The number of carboxylic acids is 1. The van der Waals surface area contributed by atoms with E-state index in [-0.39, 0.29) is 73.9 Å². The second kappa shape index (κ2) is 22.9. The Morgan fingerprint density at radius 2 is 1.58 bits per heavy atom. The number of carbonyl (C=O) groups is 4. The number of amides is 3. The summed E-state index contributed by atoms with van der Waals surface area (Å²) in [5.74, 6) is -0.846. The molecule has 0 spiro atoms. The number of hydrogen-bond acceptors (Lipinski definition) is 11. The molecule has 0 bridgehead atoms. The second-order valence-electron chi connectivity index (χ2n) is 18.3. The lowest BCUT2D eigenvalue weighted by Gasteiger charge is -2.38. The molecule has 1 saturated carbocycles. The number of nitrogens with one attached hydrogen (secondary N) is 3. The van der Waals surface area contributed by atoms with E-state index in [0.717, 1.165) is 55.4 Å². The molecule has 3 amide bonds. The number of hydrogen-bond donors (Lipinski definition) is 6. The summed E-state index contributed by atoms with van der Waals surface area (Å²) in [5.41, 5.74) is 14.3. The van der Waals surface area contributed by atoms with Crippen LogP contribution in [-0.4, -0.2) is 138 Å². The minimum atomic E-state index is -4.90. The van der Waals surface area contributed by atoms with Crippen LogP contribution in [0.3, 0.4) is 0 Å². The van der Waals surface area contributed by atoms with Gasteiger partial charge in [0.15, 0.2) is 0 Å².